The van der Waals surface area contributed by atoms with Crippen molar-refractivity contribution in [1.82, 2.24) is 0 Å². The van der Waals surface area contributed by atoms with Crippen LogP contribution in [0.15, 0.2) is 24.3 Å². The number of ketones is 3. The Morgan fingerprint density at radius 3 is 0.880 bits per heavy atom. The van der Waals surface area contributed by atoms with Crippen molar-refractivity contribution >= 4 is 17.3 Å². The topological polar surface area (TPSA) is 51.2 Å². The van der Waals surface area contributed by atoms with Crippen LogP contribution in [0.3, 0.4) is 0 Å². The van der Waals surface area contributed by atoms with Gasteiger partial charge in [0.2, 0.25) is 0 Å². The van der Waals surface area contributed by atoms with Crippen molar-refractivity contribution in [3.8, 4) is 0 Å². The molecule has 0 aromatic carbocycles. The summed E-state index contributed by atoms with van der Waals surface area (Å²) < 4.78 is 0. The molecular weight excluding hydrogens is 613 g/mol. The minimum Gasteiger partial charge on any atom is -0.300 e. The van der Waals surface area contributed by atoms with E-state index in [4.69, 9.17) is 0 Å². The van der Waals surface area contributed by atoms with Gasteiger partial charge in [-0.05, 0) is 64.2 Å². The highest BCUT2D eigenvalue weighted by molar-refractivity contribution is 6.37. The van der Waals surface area contributed by atoms with E-state index in [0.29, 0.717) is 12.8 Å². The molecule has 0 saturated heterocycles. The zero-order chi connectivity index (χ0) is 36.4. The predicted molar refractivity (Wildman–Crippen MR) is 220 cm³/mol. The van der Waals surface area contributed by atoms with Gasteiger partial charge >= 0.3 is 0 Å². The Morgan fingerprint density at radius 2 is 0.540 bits per heavy atom. The summed E-state index contributed by atoms with van der Waals surface area (Å²) in [5.74, 6) is -0.453. The quantitative estimate of drug-likeness (QED) is 0.0362. The van der Waals surface area contributed by atoms with Crippen LogP contribution in [0, 0.1) is 0 Å². The average Bonchev–Trinajstić information content (AvgIpc) is 3.12. The molecule has 0 saturated carbocycles. The Hall–Kier alpha value is -1.51. The van der Waals surface area contributed by atoms with Crippen molar-refractivity contribution in [3.63, 3.8) is 0 Å². The first-order valence-electron chi connectivity index (χ1n) is 22.5. The van der Waals surface area contributed by atoms with Gasteiger partial charge in [-0.25, -0.2) is 0 Å². The van der Waals surface area contributed by atoms with Gasteiger partial charge in [0.1, 0.15) is 5.78 Å². The van der Waals surface area contributed by atoms with Crippen LogP contribution < -0.4 is 0 Å². The Bertz CT molecular complexity index is 794. The molecule has 0 aromatic rings. The van der Waals surface area contributed by atoms with E-state index < -0.39 is 0 Å². The zero-order valence-corrected chi connectivity index (χ0v) is 33.9. The summed E-state index contributed by atoms with van der Waals surface area (Å²) in [5, 5.41) is 0. The highest BCUT2D eigenvalue weighted by Gasteiger charge is 2.15. The van der Waals surface area contributed by atoms with Gasteiger partial charge < -0.3 is 0 Å². The molecule has 0 atom stereocenters. The predicted octanol–water partition coefficient (Wildman–Crippen LogP) is 15.7. The fourth-order valence-electron chi connectivity index (χ4n) is 6.82. The maximum atomic E-state index is 12.2. The monoisotopic (exact) mass is 699 g/mol. The van der Waals surface area contributed by atoms with E-state index >= 15 is 0 Å². The standard InChI is InChI=1S/C47H86O3/c1-3-5-7-9-11-13-15-17-19-21-23-25-27-29-31-33-35-37-39-41-45(48)43-44-47(50)46(49)42-40-38-36-34-32-30-28-26-24-22-20-18-16-14-12-10-8-6-4-2/h17-20H,3-16,21-44H2,1-2H3/b19-17-,20-18-. The van der Waals surface area contributed by atoms with Gasteiger partial charge in [0.15, 0.2) is 11.6 Å². The number of rotatable bonds is 42. The Kier molecular flexibility index (Phi) is 40.6. The molecule has 0 fully saturated rings. The van der Waals surface area contributed by atoms with Crippen LogP contribution >= 0.6 is 0 Å². The summed E-state index contributed by atoms with van der Waals surface area (Å²) in [6, 6.07) is 0. The Morgan fingerprint density at radius 1 is 0.280 bits per heavy atom. The minimum absolute atomic E-state index is 0.113. The smallest absolute Gasteiger partial charge is 0.198 e. The van der Waals surface area contributed by atoms with E-state index in [1.165, 1.54) is 186 Å². The lowest BCUT2D eigenvalue weighted by atomic mass is 10.0. The molecule has 0 radical (unpaired) electrons. The van der Waals surface area contributed by atoms with E-state index in [1.807, 2.05) is 0 Å². The molecule has 0 heterocycles. The lowest BCUT2D eigenvalue weighted by molar-refractivity contribution is -0.137. The number of hydrogen-bond donors (Lipinski definition) is 0. The van der Waals surface area contributed by atoms with Gasteiger partial charge in [-0.3, -0.25) is 14.4 Å². The molecule has 0 aliphatic rings. The van der Waals surface area contributed by atoms with Crippen molar-refractivity contribution in [2.45, 2.75) is 258 Å². The summed E-state index contributed by atoms with van der Waals surface area (Å²) in [6.45, 7) is 4.55. The maximum absolute atomic E-state index is 12.2. The number of carbonyl (C=O) groups is 3. The van der Waals surface area contributed by atoms with Gasteiger partial charge in [-0.1, -0.05) is 192 Å². The van der Waals surface area contributed by atoms with Gasteiger partial charge in [0.05, 0.1) is 0 Å². The molecule has 0 aliphatic heterocycles. The molecule has 3 heteroatoms. The highest BCUT2D eigenvalue weighted by Crippen LogP contribution is 2.15. The van der Waals surface area contributed by atoms with Crippen LogP contribution in [0.5, 0.6) is 0 Å². The van der Waals surface area contributed by atoms with Gasteiger partial charge in [0.25, 0.3) is 0 Å². The van der Waals surface area contributed by atoms with Crippen LogP contribution in [0.25, 0.3) is 0 Å². The maximum Gasteiger partial charge on any atom is 0.198 e. The molecule has 0 amide bonds. The summed E-state index contributed by atoms with van der Waals surface area (Å²) in [4.78, 5) is 36.6. The number of Topliss-reactive ketones (excluding diaryl/α,β-unsaturated/α-hetero) is 3. The summed E-state index contributed by atoms with van der Waals surface area (Å²) in [5.41, 5.74) is 0. The molecule has 292 valence electrons. The van der Waals surface area contributed by atoms with Crippen LogP contribution in [-0.2, 0) is 14.4 Å². The molecular formula is C47H86O3. The van der Waals surface area contributed by atoms with E-state index in [2.05, 4.69) is 38.2 Å². The van der Waals surface area contributed by atoms with Gasteiger partial charge in [-0.2, -0.15) is 0 Å². The van der Waals surface area contributed by atoms with Crippen LogP contribution in [-0.4, -0.2) is 17.3 Å². The second kappa shape index (κ2) is 41.9. The van der Waals surface area contributed by atoms with Crippen molar-refractivity contribution in [2.24, 2.45) is 0 Å². The first kappa shape index (κ1) is 48.5. The summed E-state index contributed by atoms with van der Waals surface area (Å²) >= 11 is 0. The van der Waals surface area contributed by atoms with E-state index in [-0.39, 0.29) is 30.2 Å². The number of unbranched alkanes of at least 4 members (excludes halogenated alkanes) is 30. The van der Waals surface area contributed by atoms with Gasteiger partial charge in [-0.15, -0.1) is 0 Å². The van der Waals surface area contributed by atoms with E-state index in [0.717, 1.165) is 32.1 Å². The molecule has 50 heavy (non-hydrogen) atoms. The number of allylic oxidation sites excluding steroid dienone is 4. The molecule has 0 N–H and O–H groups in total. The second-order valence-electron chi connectivity index (χ2n) is 15.4. The van der Waals surface area contributed by atoms with Crippen LogP contribution in [0.1, 0.15) is 258 Å². The molecule has 0 aromatic heterocycles. The molecule has 0 bridgehead atoms. The first-order chi connectivity index (χ1) is 24.6. The van der Waals surface area contributed by atoms with Crippen LogP contribution in [0.4, 0.5) is 0 Å². The average molecular weight is 699 g/mol. The molecule has 0 unspecified atom stereocenters. The second-order valence-corrected chi connectivity index (χ2v) is 15.4. The summed E-state index contributed by atoms with van der Waals surface area (Å²) in [6.07, 6.45) is 54.3. The lowest BCUT2D eigenvalue weighted by Crippen LogP contribution is -2.15. The minimum atomic E-state index is -0.334. The Balaban J connectivity index is 3.41. The van der Waals surface area contributed by atoms with Crippen LogP contribution in [0.2, 0.25) is 0 Å². The number of hydrogen-bond acceptors (Lipinski definition) is 3. The van der Waals surface area contributed by atoms with Crippen molar-refractivity contribution in [1.29, 1.82) is 0 Å². The fraction of sp³-hybridized carbons (Fsp3) is 0.851. The molecule has 3 nitrogen and oxygen atoms in total. The van der Waals surface area contributed by atoms with Crippen molar-refractivity contribution < 1.29 is 14.4 Å². The molecule has 0 aliphatic carbocycles. The van der Waals surface area contributed by atoms with Gasteiger partial charge in [0, 0.05) is 25.7 Å². The third-order valence-electron chi connectivity index (χ3n) is 10.3. The fourth-order valence-corrected chi connectivity index (χ4v) is 6.82. The van der Waals surface area contributed by atoms with E-state index in [9.17, 15) is 14.4 Å². The Labute approximate surface area is 313 Å². The highest BCUT2D eigenvalue weighted by atomic mass is 16.2. The molecule has 0 rings (SSSR count). The SMILES string of the molecule is CCCCCCCC/C=C\CCCCCCCCCCCC(=O)CCC(=O)C(=O)CCCCCCCCCCC/C=C\CCCCCCCC. The zero-order valence-electron chi connectivity index (χ0n) is 33.9. The first-order valence-corrected chi connectivity index (χ1v) is 22.5. The lowest BCUT2D eigenvalue weighted by Gasteiger charge is -2.04. The number of carbonyl (C=O) groups excluding carboxylic acids is 3. The van der Waals surface area contributed by atoms with E-state index in [1.54, 1.807) is 0 Å². The molecule has 0 spiro atoms. The normalized spacial score (nSPS) is 11.7. The third kappa shape index (κ3) is 39.3. The summed E-state index contributed by atoms with van der Waals surface area (Å²) in [7, 11) is 0. The largest absolute Gasteiger partial charge is 0.300 e. The van der Waals surface area contributed by atoms with Crippen molar-refractivity contribution in [3.05, 3.63) is 24.3 Å². The van der Waals surface area contributed by atoms with Crippen molar-refractivity contribution in [2.75, 3.05) is 0 Å². The third-order valence-corrected chi connectivity index (χ3v) is 10.3.